The van der Waals surface area contributed by atoms with Gasteiger partial charge in [-0.3, -0.25) is 9.69 Å². The molecule has 2 aliphatic carbocycles. The molecular weight excluding hydrogens is 876 g/mol. The van der Waals surface area contributed by atoms with Crippen LogP contribution in [0.5, 0.6) is 0 Å². The van der Waals surface area contributed by atoms with Crippen molar-refractivity contribution in [1.82, 2.24) is 24.5 Å². The number of rotatable bonds is 15. The second-order valence-electron chi connectivity index (χ2n) is 17.9. The largest absolute Gasteiger partial charge is 0.477 e. The van der Waals surface area contributed by atoms with E-state index in [1.807, 2.05) is 9.80 Å². The summed E-state index contributed by atoms with van der Waals surface area (Å²) in [6, 6.07) is -1.50. The van der Waals surface area contributed by atoms with Crippen molar-refractivity contribution in [2.45, 2.75) is 130 Å². The molecule has 0 bridgehead atoms. The van der Waals surface area contributed by atoms with Gasteiger partial charge in [0.2, 0.25) is 5.43 Å². The number of aromatic carboxylic acids is 1. The molecule has 5 aliphatic rings. The van der Waals surface area contributed by atoms with Gasteiger partial charge in [-0.05, 0) is 31.4 Å². The highest BCUT2D eigenvalue weighted by atomic mass is 19.1. The number of halogens is 1. The van der Waals surface area contributed by atoms with Crippen LogP contribution in [-0.2, 0) is 25.5 Å². The zero-order chi connectivity index (χ0) is 47.3. The molecule has 1 unspecified atom stereocenters. The molecule has 16 atom stereocenters. The van der Waals surface area contributed by atoms with Gasteiger partial charge >= 0.3 is 5.97 Å². The predicted molar refractivity (Wildman–Crippen MR) is 229 cm³/mol. The lowest BCUT2D eigenvalue weighted by molar-refractivity contribution is -0.315. The summed E-state index contributed by atoms with van der Waals surface area (Å²) in [5.74, 6) is -1.79. The van der Waals surface area contributed by atoms with Crippen molar-refractivity contribution >= 4 is 28.4 Å². The van der Waals surface area contributed by atoms with Crippen molar-refractivity contribution in [3.63, 3.8) is 0 Å². The number of nitrogens with two attached hydrogens (primary N) is 5. The van der Waals surface area contributed by atoms with Crippen LogP contribution in [0.1, 0.15) is 35.7 Å². The Balaban J connectivity index is 0.909. The first kappa shape index (κ1) is 48.4. The topological polar surface area (TPSA) is 397 Å². The van der Waals surface area contributed by atoms with Crippen molar-refractivity contribution in [1.29, 1.82) is 0 Å². The van der Waals surface area contributed by atoms with Gasteiger partial charge in [0.15, 0.2) is 18.4 Å². The van der Waals surface area contributed by atoms with Crippen molar-refractivity contribution in [3.8, 4) is 0 Å². The monoisotopic (exact) mass is 936 g/mol. The molecule has 2 aromatic heterocycles. The van der Waals surface area contributed by atoms with Gasteiger partial charge in [0.25, 0.3) is 0 Å². The van der Waals surface area contributed by atoms with Crippen LogP contribution in [0.2, 0.25) is 0 Å². The third-order valence-corrected chi connectivity index (χ3v) is 13.3. The van der Waals surface area contributed by atoms with E-state index >= 15 is 4.39 Å². The number of aromatic nitrogens is 4. The number of piperazine rings is 1. The summed E-state index contributed by atoms with van der Waals surface area (Å²) in [5.41, 5.74) is 30.0. The zero-order valence-corrected chi connectivity index (χ0v) is 35.9. The van der Waals surface area contributed by atoms with Gasteiger partial charge in [0.1, 0.15) is 60.2 Å². The number of hydrogen-bond donors (Lipinski definition) is 13. The second kappa shape index (κ2) is 19.9. The number of aliphatic hydroxyl groups is 6. The van der Waals surface area contributed by atoms with E-state index in [9.17, 15) is 45.3 Å². The summed E-state index contributed by atoms with van der Waals surface area (Å²) in [4.78, 5) is 28.6. The first-order valence-corrected chi connectivity index (χ1v) is 22.1. The number of carboxylic acid groups (broad SMARTS) is 1. The SMILES string of the molecule is NC[C@@H]1O[C@@H](O[C@H]2[C@H](O)[C@@H](O[C@@H]3O[C@@H](CN)[C@H](O)[C@@H](O)[C@@H]3N)[C@H](N)C[C@@H]2Nc2cn(CC(O)CN3CCN(c4cc5c(cc4F)c(=O)c(C(=O)O)cn5C4CC4)CC3)nn2)[C@@H](O)[C@H](N)[C@H]1O. The normalized spacial score (nSPS) is 36.1. The zero-order valence-electron chi connectivity index (χ0n) is 35.9. The molecule has 1 aromatic carbocycles. The Kier molecular flexibility index (Phi) is 14.6. The standard InChI is InChI=1S/C40H61FN12O13/c41-20-7-18-23(53(16-1-2-16)14-19(30(18)55)38(61)62)9-24(20)51-5-3-50(4-6-51)12-17(54)13-52-15-27(48-49-52)47-22-8-21(44)36(65-39-29(46)33(58)32(57)26(11-43)63-39)35(60)37(22)66-40-34(59)28(45)31(56)25(10-42)64-40/h7,9,14-17,21-22,25-26,28-29,31-37,39-40,47,54,56-60H,1-6,8,10-13,42-46H2,(H,61,62)/t17?,21-,22+,25+,26+,28-,29+,31+,32+,33+,34+,35-,36+,37-,39+,40+/m1/s1. The van der Waals surface area contributed by atoms with E-state index in [0.29, 0.717) is 37.4 Å². The van der Waals surface area contributed by atoms with Crippen LogP contribution < -0.4 is 44.3 Å². The van der Waals surface area contributed by atoms with Crippen LogP contribution in [0, 0.1) is 5.82 Å². The average molecular weight is 937 g/mol. The summed E-state index contributed by atoms with van der Waals surface area (Å²) in [6.07, 6.45) is -11.1. The molecule has 366 valence electrons. The number of fused-ring (bicyclic) bond motifs is 1. The van der Waals surface area contributed by atoms with Crippen molar-refractivity contribution in [2.75, 3.05) is 56.0 Å². The van der Waals surface area contributed by atoms with Crippen LogP contribution in [0.15, 0.2) is 29.3 Å². The fourth-order valence-electron chi connectivity index (χ4n) is 9.38. The molecule has 26 heteroatoms. The molecule has 3 aliphatic heterocycles. The van der Waals surface area contributed by atoms with Crippen molar-refractivity contribution in [2.24, 2.45) is 28.7 Å². The van der Waals surface area contributed by atoms with Gasteiger partial charge in [-0.1, -0.05) is 5.21 Å². The highest BCUT2D eigenvalue weighted by Crippen LogP contribution is 2.38. The number of carboxylic acids is 1. The smallest absolute Gasteiger partial charge is 0.341 e. The van der Waals surface area contributed by atoms with Crippen LogP contribution in [0.25, 0.3) is 10.9 Å². The van der Waals surface area contributed by atoms with Gasteiger partial charge in [-0.15, -0.1) is 5.10 Å². The maximum absolute atomic E-state index is 15.6. The lowest BCUT2D eigenvalue weighted by atomic mass is 9.83. The molecule has 5 fully saturated rings. The van der Waals surface area contributed by atoms with Crippen LogP contribution in [-0.4, -0.2) is 210 Å². The van der Waals surface area contributed by atoms with E-state index in [1.165, 1.54) is 17.1 Å². The van der Waals surface area contributed by atoms with Gasteiger partial charge in [0.05, 0.1) is 54.3 Å². The fourth-order valence-corrected chi connectivity index (χ4v) is 9.38. The summed E-state index contributed by atoms with van der Waals surface area (Å²) >= 11 is 0. The third kappa shape index (κ3) is 9.77. The number of aliphatic hydroxyl groups excluding tert-OH is 6. The van der Waals surface area contributed by atoms with Gasteiger partial charge in [-0.25, -0.2) is 13.9 Å². The molecule has 18 N–H and O–H groups in total. The van der Waals surface area contributed by atoms with Gasteiger partial charge in [-0.2, -0.15) is 0 Å². The van der Waals surface area contributed by atoms with Crippen molar-refractivity contribution in [3.05, 3.63) is 46.1 Å². The minimum absolute atomic E-state index is 0.0202. The Morgan fingerprint density at radius 3 is 2.20 bits per heavy atom. The van der Waals surface area contributed by atoms with Crippen LogP contribution in [0.3, 0.4) is 0 Å². The Labute approximate surface area is 376 Å². The van der Waals surface area contributed by atoms with E-state index in [0.717, 1.165) is 18.9 Å². The van der Waals surface area contributed by atoms with E-state index in [2.05, 4.69) is 15.6 Å². The number of carbonyl (C=O) groups is 1. The van der Waals surface area contributed by atoms with E-state index in [1.54, 1.807) is 10.6 Å². The Hall–Kier alpha value is -4.07. The van der Waals surface area contributed by atoms with E-state index < -0.39 is 121 Å². The first-order valence-electron chi connectivity index (χ1n) is 22.1. The number of nitrogens with one attached hydrogen (secondary N) is 1. The minimum atomic E-state index is -1.59. The molecule has 3 saturated heterocycles. The minimum Gasteiger partial charge on any atom is -0.477 e. The number of β-amino-alcohol motifs (C(OH)–C–C–N with tert-alkyl or cyclic N) is 1. The summed E-state index contributed by atoms with van der Waals surface area (Å²) in [7, 11) is 0. The summed E-state index contributed by atoms with van der Waals surface area (Å²) < 4.78 is 42.5. The Bertz CT molecular complexity index is 2230. The summed E-state index contributed by atoms with van der Waals surface area (Å²) in [6.45, 7) is 1.73. The number of benzene rings is 1. The summed E-state index contributed by atoms with van der Waals surface area (Å²) in [5, 5.41) is 86.5. The average Bonchev–Trinajstić information content (AvgIpc) is 4.05. The molecule has 66 heavy (non-hydrogen) atoms. The van der Waals surface area contributed by atoms with Gasteiger partial charge in [0, 0.05) is 69.5 Å². The van der Waals surface area contributed by atoms with Crippen molar-refractivity contribution < 1.29 is 63.9 Å². The lowest BCUT2D eigenvalue weighted by Crippen LogP contribution is -2.69. The molecule has 5 heterocycles. The third-order valence-electron chi connectivity index (χ3n) is 13.3. The number of ether oxygens (including phenoxy) is 4. The van der Waals surface area contributed by atoms with Crippen LogP contribution >= 0.6 is 0 Å². The maximum atomic E-state index is 15.6. The molecule has 0 amide bonds. The molecule has 25 nitrogen and oxygen atoms in total. The lowest BCUT2D eigenvalue weighted by Gasteiger charge is -2.49. The fraction of sp³-hybridized carbons (Fsp3) is 0.700. The molecule has 3 aromatic rings. The number of hydrogen-bond acceptors (Lipinski definition) is 22. The van der Waals surface area contributed by atoms with Crippen LogP contribution in [0.4, 0.5) is 15.9 Å². The molecular formula is C40H61FN12O13. The molecule has 0 spiro atoms. The number of anilines is 2. The van der Waals surface area contributed by atoms with Gasteiger partial charge < -0.3 is 98.1 Å². The molecule has 0 radical (unpaired) electrons. The predicted octanol–water partition coefficient (Wildman–Crippen LogP) is -5.94. The number of pyridine rings is 1. The quantitative estimate of drug-likeness (QED) is 0.0675. The second-order valence-corrected chi connectivity index (χ2v) is 17.9. The van der Waals surface area contributed by atoms with E-state index in [-0.39, 0.29) is 49.8 Å². The highest BCUT2D eigenvalue weighted by Gasteiger charge is 2.52. The Morgan fingerprint density at radius 2 is 1.53 bits per heavy atom. The maximum Gasteiger partial charge on any atom is 0.341 e. The highest BCUT2D eigenvalue weighted by molar-refractivity contribution is 5.93. The number of nitrogens with zero attached hydrogens (tertiary/aromatic N) is 6. The van der Waals surface area contributed by atoms with E-state index in [4.69, 9.17) is 47.6 Å². The first-order chi connectivity index (χ1) is 31.5. The molecule has 8 rings (SSSR count). The molecule has 2 saturated carbocycles. The Morgan fingerprint density at radius 1 is 0.864 bits per heavy atom.